The number of nitrogens with one attached hydrogen (secondary N) is 2. The van der Waals surface area contributed by atoms with Crippen molar-refractivity contribution in [2.45, 2.75) is 23.1 Å². The highest BCUT2D eigenvalue weighted by molar-refractivity contribution is 7.89. The largest absolute Gasteiger partial charge is 0.263 e. The first kappa shape index (κ1) is 18.5. The van der Waals surface area contributed by atoms with Crippen LogP contribution in [0.3, 0.4) is 0 Å². The molecule has 0 aliphatic carbocycles. The molecule has 1 heterocycles. The lowest BCUT2D eigenvalue weighted by Gasteiger charge is -2.08. The summed E-state index contributed by atoms with van der Waals surface area (Å²) in [5, 5.41) is 0. The number of rotatable bonds is 8. The van der Waals surface area contributed by atoms with E-state index in [9.17, 15) is 16.8 Å². The quantitative estimate of drug-likeness (QED) is 0.676. The molecule has 9 heteroatoms. The van der Waals surface area contributed by atoms with E-state index < -0.39 is 20.0 Å². The second-order valence-corrected chi connectivity index (χ2v) is 8.68. The summed E-state index contributed by atoms with van der Waals surface area (Å²) in [6.45, 7) is 2.12. The van der Waals surface area contributed by atoms with E-state index in [-0.39, 0.29) is 22.9 Å². The van der Waals surface area contributed by atoms with Crippen molar-refractivity contribution < 1.29 is 16.8 Å². The van der Waals surface area contributed by atoms with Crippen LogP contribution >= 0.6 is 0 Å². The summed E-state index contributed by atoms with van der Waals surface area (Å²) < 4.78 is 52.9. The Morgan fingerprint density at radius 3 is 2.00 bits per heavy atom. The van der Waals surface area contributed by atoms with Crippen LogP contribution in [0.25, 0.3) is 0 Å². The minimum absolute atomic E-state index is 0.0743. The van der Waals surface area contributed by atoms with Gasteiger partial charge in [0, 0.05) is 25.5 Å². The highest BCUT2D eigenvalue weighted by Gasteiger charge is 2.14. The van der Waals surface area contributed by atoms with Crippen LogP contribution < -0.4 is 9.44 Å². The van der Waals surface area contributed by atoms with Gasteiger partial charge in [0.05, 0.1) is 4.90 Å². The van der Waals surface area contributed by atoms with Crippen LogP contribution in [0, 0.1) is 6.92 Å². The normalized spacial score (nSPS) is 12.2. The average molecular weight is 369 g/mol. The maximum absolute atomic E-state index is 12.1. The number of aryl methyl sites for hydroxylation is 1. The van der Waals surface area contributed by atoms with Gasteiger partial charge in [-0.15, -0.1) is 0 Å². The van der Waals surface area contributed by atoms with Crippen molar-refractivity contribution in [2.75, 3.05) is 13.1 Å². The summed E-state index contributed by atoms with van der Waals surface area (Å²) >= 11 is 0. The van der Waals surface area contributed by atoms with Crippen LogP contribution in [0.4, 0.5) is 0 Å². The van der Waals surface area contributed by atoms with Crippen molar-refractivity contribution in [3.05, 3.63) is 54.4 Å². The molecule has 130 valence electrons. The fourth-order valence-corrected chi connectivity index (χ4v) is 4.00. The zero-order chi connectivity index (χ0) is 17.6. The Bertz CT molecular complexity index is 865. The minimum Gasteiger partial charge on any atom is -0.263 e. The summed E-state index contributed by atoms with van der Waals surface area (Å²) in [7, 11) is -7.21. The van der Waals surface area contributed by atoms with Crippen molar-refractivity contribution in [3.8, 4) is 0 Å². The number of hydrogen-bond donors (Lipinski definition) is 2. The van der Waals surface area contributed by atoms with Crippen LogP contribution in [0.1, 0.15) is 12.0 Å². The third-order valence-corrected chi connectivity index (χ3v) is 6.14. The Labute approximate surface area is 142 Å². The summed E-state index contributed by atoms with van der Waals surface area (Å²) in [4.78, 5) is 4.02. The molecule has 24 heavy (non-hydrogen) atoms. The maximum Gasteiger partial charge on any atom is 0.242 e. The Morgan fingerprint density at radius 2 is 1.46 bits per heavy atom. The first-order valence-electron chi connectivity index (χ1n) is 7.27. The molecule has 0 atom stereocenters. The SMILES string of the molecule is Cc1ccc(S(=O)(=O)NCCCNS(=O)(=O)c2cccnc2)cc1. The highest BCUT2D eigenvalue weighted by Crippen LogP contribution is 2.09. The molecule has 0 aliphatic rings. The zero-order valence-electron chi connectivity index (χ0n) is 13.1. The smallest absolute Gasteiger partial charge is 0.242 e. The first-order valence-corrected chi connectivity index (χ1v) is 10.2. The van der Waals surface area contributed by atoms with E-state index in [2.05, 4.69) is 14.4 Å². The van der Waals surface area contributed by atoms with Gasteiger partial charge in [0.1, 0.15) is 4.90 Å². The van der Waals surface area contributed by atoms with Crippen LogP contribution in [0.15, 0.2) is 58.6 Å². The van der Waals surface area contributed by atoms with E-state index in [4.69, 9.17) is 0 Å². The molecule has 1 aromatic carbocycles. The second kappa shape index (κ2) is 7.84. The van der Waals surface area contributed by atoms with Crippen LogP contribution in [-0.2, 0) is 20.0 Å². The second-order valence-electron chi connectivity index (χ2n) is 5.15. The summed E-state index contributed by atoms with van der Waals surface area (Å²) in [6, 6.07) is 9.47. The minimum atomic E-state index is -3.62. The molecule has 7 nitrogen and oxygen atoms in total. The fourth-order valence-electron chi connectivity index (χ4n) is 1.89. The van der Waals surface area contributed by atoms with Gasteiger partial charge in [-0.3, -0.25) is 4.98 Å². The molecule has 2 N–H and O–H groups in total. The van der Waals surface area contributed by atoms with Crippen LogP contribution in [0.2, 0.25) is 0 Å². The van der Waals surface area contributed by atoms with Crippen molar-refractivity contribution >= 4 is 20.0 Å². The maximum atomic E-state index is 12.1. The van der Waals surface area contributed by atoms with E-state index in [1.807, 2.05) is 6.92 Å². The number of benzene rings is 1. The molecule has 0 radical (unpaired) electrons. The zero-order valence-corrected chi connectivity index (χ0v) is 14.8. The highest BCUT2D eigenvalue weighted by atomic mass is 32.2. The van der Waals surface area contributed by atoms with Crippen LogP contribution in [-0.4, -0.2) is 34.9 Å². The third-order valence-electron chi connectivity index (χ3n) is 3.21. The molecule has 0 aliphatic heterocycles. The first-order chi connectivity index (χ1) is 11.3. The van der Waals surface area contributed by atoms with E-state index in [0.29, 0.717) is 6.42 Å². The van der Waals surface area contributed by atoms with Crippen LogP contribution in [0.5, 0.6) is 0 Å². The Balaban J connectivity index is 1.82. The standard InChI is InChI=1S/C15H19N3O4S2/c1-13-5-7-14(8-6-13)23(19,20)17-10-3-11-18-24(21,22)15-4-2-9-16-12-15/h2,4-9,12,17-18H,3,10-11H2,1H3. The lowest BCUT2D eigenvalue weighted by Crippen LogP contribution is -2.30. The number of sulfonamides is 2. The summed E-state index contributed by atoms with van der Waals surface area (Å²) in [6.07, 6.45) is 3.06. The van der Waals surface area contributed by atoms with Crippen molar-refractivity contribution in [1.82, 2.24) is 14.4 Å². The number of pyridine rings is 1. The van der Waals surface area contributed by atoms with Gasteiger partial charge >= 0.3 is 0 Å². The molecule has 2 rings (SSSR count). The lowest BCUT2D eigenvalue weighted by atomic mass is 10.2. The number of nitrogens with zero attached hydrogens (tertiary/aromatic N) is 1. The molecule has 0 amide bonds. The van der Waals surface area contributed by atoms with E-state index in [1.165, 1.54) is 36.7 Å². The third kappa shape index (κ3) is 5.10. The van der Waals surface area contributed by atoms with Gasteiger partial charge in [0.2, 0.25) is 20.0 Å². The molecule has 0 fully saturated rings. The van der Waals surface area contributed by atoms with Gasteiger partial charge in [0.25, 0.3) is 0 Å². The van der Waals surface area contributed by atoms with E-state index in [1.54, 1.807) is 12.1 Å². The Hall–Kier alpha value is -1.81. The predicted molar refractivity (Wildman–Crippen MR) is 90.4 cm³/mol. The van der Waals surface area contributed by atoms with Gasteiger partial charge < -0.3 is 0 Å². The Morgan fingerprint density at radius 1 is 0.875 bits per heavy atom. The molecule has 2 aromatic rings. The van der Waals surface area contributed by atoms with Gasteiger partial charge in [-0.1, -0.05) is 17.7 Å². The van der Waals surface area contributed by atoms with Gasteiger partial charge in [-0.25, -0.2) is 26.3 Å². The topological polar surface area (TPSA) is 105 Å². The molecule has 0 saturated carbocycles. The molecule has 0 saturated heterocycles. The van der Waals surface area contributed by atoms with E-state index in [0.717, 1.165) is 5.56 Å². The fraction of sp³-hybridized carbons (Fsp3) is 0.267. The van der Waals surface area contributed by atoms with Crippen molar-refractivity contribution in [2.24, 2.45) is 0 Å². The summed E-state index contributed by atoms with van der Waals surface area (Å²) in [5.41, 5.74) is 0.971. The number of hydrogen-bond acceptors (Lipinski definition) is 5. The van der Waals surface area contributed by atoms with E-state index >= 15 is 0 Å². The number of aromatic nitrogens is 1. The Kier molecular flexibility index (Phi) is 6.05. The summed E-state index contributed by atoms with van der Waals surface area (Å²) in [5.74, 6) is 0. The van der Waals surface area contributed by atoms with Gasteiger partial charge in [-0.2, -0.15) is 0 Å². The molecule has 1 aromatic heterocycles. The average Bonchev–Trinajstić information content (AvgIpc) is 2.55. The molecular formula is C15H19N3O4S2. The monoisotopic (exact) mass is 369 g/mol. The van der Waals surface area contributed by atoms with Gasteiger partial charge in [-0.05, 0) is 37.6 Å². The molecule has 0 unspecified atom stereocenters. The lowest BCUT2D eigenvalue weighted by molar-refractivity contribution is 0.572. The van der Waals surface area contributed by atoms with Crippen molar-refractivity contribution in [1.29, 1.82) is 0 Å². The molecule has 0 spiro atoms. The molecular weight excluding hydrogens is 350 g/mol. The molecule has 0 bridgehead atoms. The predicted octanol–water partition coefficient (Wildman–Crippen LogP) is 1.04. The van der Waals surface area contributed by atoms with Crippen molar-refractivity contribution in [3.63, 3.8) is 0 Å². The van der Waals surface area contributed by atoms with Gasteiger partial charge in [0.15, 0.2) is 0 Å².